The first-order chi connectivity index (χ1) is 17.3. The van der Waals surface area contributed by atoms with E-state index in [-0.39, 0.29) is 0 Å². The number of alkyl halides is 16. The molecule has 244 valence electrons. The zero-order valence-electron chi connectivity index (χ0n) is 21.4. The van der Waals surface area contributed by atoms with E-state index in [1.807, 2.05) is 0 Å². The minimum atomic E-state index is -8.76. The molecule has 4 nitrogen and oxygen atoms in total. The van der Waals surface area contributed by atoms with Crippen LogP contribution in [-0.2, 0) is 10.1 Å². The van der Waals surface area contributed by atoms with Gasteiger partial charge in [-0.25, -0.2) is 8.42 Å². The first kappa shape index (κ1) is 40.9. The van der Waals surface area contributed by atoms with Crippen LogP contribution >= 0.6 is 0 Å². The van der Waals surface area contributed by atoms with E-state index in [1.54, 1.807) is 0 Å². The summed E-state index contributed by atoms with van der Waals surface area (Å²) < 4.78 is 242. The Morgan fingerprint density at radius 1 is 0.500 bits per heavy atom. The number of nitrogens with zero attached hydrogens (tertiary/aromatic N) is 1. The molecule has 0 heterocycles. The predicted octanol–water partition coefficient (Wildman–Crippen LogP) is 7.25. The van der Waals surface area contributed by atoms with Crippen molar-refractivity contribution in [2.24, 2.45) is 0 Å². The molecule has 0 atom stereocenters. The van der Waals surface area contributed by atoms with Gasteiger partial charge in [-0.15, -0.1) is 0 Å². The lowest BCUT2D eigenvalue weighted by Crippen LogP contribution is -2.75. The van der Waals surface area contributed by atoms with Crippen LogP contribution in [0.25, 0.3) is 0 Å². The molecule has 0 aromatic carbocycles. The van der Waals surface area contributed by atoms with E-state index in [0.717, 1.165) is 0 Å². The van der Waals surface area contributed by atoms with Crippen molar-refractivity contribution >= 4 is 10.1 Å². The molecule has 0 saturated heterocycles. The molecule has 0 amide bonds. The minimum Gasteiger partial charge on any atom is -0.743 e. The Labute approximate surface area is 219 Å². The van der Waals surface area contributed by atoms with Gasteiger partial charge in [0.2, 0.25) is 0 Å². The van der Waals surface area contributed by atoms with Gasteiger partial charge in [0, 0.05) is 6.42 Å². The number of quaternary nitrogens is 1. The van der Waals surface area contributed by atoms with Crippen LogP contribution in [0.5, 0.6) is 0 Å². The van der Waals surface area contributed by atoms with Gasteiger partial charge in [-0.2, -0.15) is 70.2 Å². The molecule has 0 N–H and O–H groups in total. The summed E-state index contributed by atoms with van der Waals surface area (Å²) >= 11 is 0. The van der Waals surface area contributed by atoms with Gasteiger partial charge in [0.05, 0.1) is 26.2 Å². The second-order valence-corrected chi connectivity index (χ2v) is 9.90. The summed E-state index contributed by atoms with van der Waals surface area (Å²) in [5, 5.41) is -7.88. The van der Waals surface area contributed by atoms with Crippen LogP contribution in [0.4, 0.5) is 70.2 Å². The van der Waals surface area contributed by atoms with Crippen molar-refractivity contribution in [2.45, 2.75) is 94.2 Å². The molecule has 0 fully saturated rings. The SMILES string of the molecule is CCCC(F)(F)C(F)(F)C(F)(F)C(F)(F)C(F)(F)C(F)(F)C(F)(F)C(F)(F)S(=O)(=O)[O-].CC[N+](CC)(CC)CC. The fraction of sp³-hybridized carbons (Fsp3) is 1.00. The number of rotatable bonds is 14. The molecule has 0 aliphatic rings. The van der Waals surface area contributed by atoms with Crippen molar-refractivity contribution in [3.8, 4) is 0 Å². The molecule has 0 saturated carbocycles. The summed E-state index contributed by atoms with van der Waals surface area (Å²) in [7, 11) is -8.09. The van der Waals surface area contributed by atoms with Crippen molar-refractivity contribution in [1.82, 2.24) is 0 Å². The van der Waals surface area contributed by atoms with Gasteiger partial charge in [0.1, 0.15) is 0 Å². The third kappa shape index (κ3) is 6.24. The Hall–Kier alpha value is -1.25. The average molecular weight is 653 g/mol. The summed E-state index contributed by atoms with van der Waals surface area (Å²) in [5.74, 6) is -56.8. The molecule has 21 heteroatoms. The smallest absolute Gasteiger partial charge is 0.402 e. The lowest BCUT2D eigenvalue weighted by atomic mass is 9.88. The molecule has 0 radical (unpaired) electrons. The van der Waals surface area contributed by atoms with Gasteiger partial charge in [-0.1, -0.05) is 13.3 Å². The second kappa shape index (κ2) is 12.2. The third-order valence-electron chi connectivity index (χ3n) is 6.36. The van der Waals surface area contributed by atoms with Crippen LogP contribution in [-0.4, -0.2) is 90.3 Å². The highest BCUT2D eigenvalue weighted by Gasteiger charge is 2.95. The lowest BCUT2D eigenvalue weighted by molar-refractivity contribution is -0.921. The van der Waals surface area contributed by atoms with E-state index >= 15 is 0 Å². The van der Waals surface area contributed by atoms with Crippen LogP contribution in [0.1, 0.15) is 47.5 Å². The Balaban J connectivity index is 0. The van der Waals surface area contributed by atoms with Gasteiger partial charge in [-0.3, -0.25) is 0 Å². The highest BCUT2D eigenvalue weighted by atomic mass is 32.2. The molecule has 0 aliphatic heterocycles. The van der Waals surface area contributed by atoms with E-state index < -0.39 is 69.7 Å². The van der Waals surface area contributed by atoms with E-state index in [4.69, 9.17) is 0 Å². The number of hydrogen-bond acceptors (Lipinski definition) is 3. The molecular weight excluding hydrogens is 626 g/mol. The van der Waals surface area contributed by atoms with Crippen LogP contribution in [0.3, 0.4) is 0 Å². The normalized spacial score (nSPS) is 15.6. The lowest BCUT2D eigenvalue weighted by Gasteiger charge is -2.43. The third-order valence-corrected chi connectivity index (χ3v) is 7.24. The van der Waals surface area contributed by atoms with E-state index in [9.17, 15) is 83.2 Å². The highest BCUT2D eigenvalue weighted by molar-refractivity contribution is 7.86. The fourth-order valence-electron chi connectivity index (χ4n) is 3.17. The number of halogens is 16. The average Bonchev–Trinajstić information content (AvgIpc) is 2.79. The van der Waals surface area contributed by atoms with Crippen LogP contribution in [0.15, 0.2) is 0 Å². The largest absolute Gasteiger partial charge is 0.743 e. The molecular formula is C19H27F16NO3S. The maximum Gasteiger partial charge on any atom is 0.402 e. The molecule has 0 aromatic rings. The van der Waals surface area contributed by atoms with Crippen LogP contribution < -0.4 is 0 Å². The quantitative estimate of drug-likeness (QED) is 0.113. The standard InChI is InChI=1S/C11H8F16O3S.C8H20N/c1-2-3-4(12,13)5(14,15)6(16,17)7(18,19)8(20,21)9(22,23)10(24,25)11(26,27)31(28,29)30;1-5-9(6-2,7-3)8-4/h2-3H2,1H3,(H,28,29,30);5-8H2,1-4H3/q;+1/p-1. The molecule has 40 heavy (non-hydrogen) atoms. The van der Waals surface area contributed by atoms with E-state index in [0.29, 0.717) is 6.92 Å². The zero-order chi connectivity index (χ0) is 33.2. The molecule has 0 spiro atoms. The zero-order valence-corrected chi connectivity index (χ0v) is 22.2. The van der Waals surface area contributed by atoms with Gasteiger partial charge >= 0.3 is 46.7 Å². The van der Waals surface area contributed by atoms with Gasteiger partial charge in [0.15, 0.2) is 10.1 Å². The van der Waals surface area contributed by atoms with Crippen molar-refractivity contribution in [3.05, 3.63) is 0 Å². The molecule has 0 rings (SSSR count). The van der Waals surface area contributed by atoms with Gasteiger partial charge in [-0.05, 0) is 27.7 Å². The van der Waals surface area contributed by atoms with Gasteiger partial charge in [0.25, 0.3) is 0 Å². The highest BCUT2D eigenvalue weighted by Crippen LogP contribution is 2.64. The first-order valence-corrected chi connectivity index (χ1v) is 12.5. The maximum absolute atomic E-state index is 13.4. The van der Waals surface area contributed by atoms with Crippen LogP contribution in [0.2, 0.25) is 0 Å². The summed E-state index contributed by atoms with van der Waals surface area (Å²) in [6, 6.07) is 0. The summed E-state index contributed by atoms with van der Waals surface area (Å²) in [4.78, 5) is 0. The van der Waals surface area contributed by atoms with E-state index in [1.165, 1.54) is 30.7 Å². The fourth-order valence-corrected chi connectivity index (χ4v) is 3.61. The summed E-state index contributed by atoms with van der Waals surface area (Å²) in [6.45, 7) is 14.8. The van der Waals surface area contributed by atoms with Crippen molar-refractivity contribution in [1.29, 1.82) is 0 Å². The monoisotopic (exact) mass is 653 g/mol. The van der Waals surface area contributed by atoms with Crippen LogP contribution in [0, 0.1) is 0 Å². The second-order valence-electron chi connectivity index (χ2n) is 8.48. The molecule has 0 bridgehead atoms. The van der Waals surface area contributed by atoms with E-state index in [2.05, 4.69) is 27.7 Å². The van der Waals surface area contributed by atoms with Crippen molar-refractivity contribution in [2.75, 3.05) is 26.2 Å². The minimum absolute atomic E-state index is 0.551. The maximum atomic E-state index is 13.4. The Morgan fingerprint density at radius 3 is 0.950 bits per heavy atom. The van der Waals surface area contributed by atoms with Gasteiger partial charge < -0.3 is 9.04 Å². The summed E-state index contributed by atoms with van der Waals surface area (Å²) in [5.41, 5.74) is 0. The predicted molar refractivity (Wildman–Crippen MR) is 107 cm³/mol. The Kier molecular flexibility index (Phi) is 12.4. The number of hydrogen-bond donors (Lipinski definition) is 0. The first-order valence-electron chi connectivity index (χ1n) is 11.1. The summed E-state index contributed by atoms with van der Waals surface area (Å²) in [6.07, 6.45) is -3.67. The van der Waals surface area contributed by atoms with Crippen molar-refractivity contribution < 1.29 is 87.7 Å². The molecule has 0 aromatic heterocycles. The van der Waals surface area contributed by atoms with Crippen molar-refractivity contribution in [3.63, 3.8) is 0 Å². The Morgan fingerprint density at radius 2 is 0.750 bits per heavy atom. The Bertz CT molecular complexity index is 916. The topological polar surface area (TPSA) is 57.2 Å². The molecule has 0 unspecified atom stereocenters. The molecule has 0 aliphatic carbocycles.